The van der Waals surface area contributed by atoms with E-state index in [9.17, 15) is 9.59 Å². The van der Waals surface area contributed by atoms with E-state index in [4.69, 9.17) is 10.2 Å². The molecule has 0 aliphatic heterocycles. The quantitative estimate of drug-likeness (QED) is 0.411. The molecule has 6 nitrogen and oxygen atoms in total. The zero-order valence-electron chi connectivity index (χ0n) is 10.7. The lowest BCUT2D eigenvalue weighted by Crippen LogP contribution is -2.14. The fourth-order valence-electron chi connectivity index (χ4n) is 0.527. The maximum Gasteiger partial charge on any atom is 0.333 e. The lowest BCUT2D eigenvalue weighted by atomic mass is 10.4. The number of ether oxygens (including phenoxy) is 2. The molecular formula is C12H20O6. The first kappa shape index (κ1) is 18.7. The van der Waals surface area contributed by atoms with Crippen LogP contribution in [0.5, 0.6) is 0 Å². The van der Waals surface area contributed by atoms with Crippen molar-refractivity contribution in [2.24, 2.45) is 0 Å². The van der Waals surface area contributed by atoms with Gasteiger partial charge in [0, 0.05) is 18.1 Å². The van der Waals surface area contributed by atoms with Gasteiger partial charge in [-0.2, -0.15) is 0 Å². The van der Waals surface area contributed by atoms with E-state index in [1.54, 1.807) is 13.8 Å². The molecule has 104 valence electrons. The van der Waals surface area contributed by atoms with Crippen molar-refractivity contribution in [2.45, 2.75) is 26.6 Å². The van der Waals surface area contributed by atoms with Crippen LogP contribution in [0.25, 0.3) is 0 Å². The van der Waals surface area contributed by atoms with Crippen molar-refractivity contribution in [1.29, 1.82) is 0 Å². The molecule has 0 aromatic heterocycles. The molecule has 0 fully saturated rings. The number of aliphatic hydroxyl groups is 2. The summed E-state index contributed by atoms with van der Waals surface area (Å²) in [7, 11) is 0. The van der Waals surface area contributed by atoms with Crippen LogP contribution in [0.15, 0.2) is 24.8 Å². The van der Waals surface area contributed by atoms with Gasteiger partial charge in [-0.25, -0.2) is 9.59 Å². The summed E-state index contributed by atoms with van der Waals surface area (Å²) >= 11 is 0. The molecule has 1 unspecified atom stereocenters. The molecule has 6 heteroatoms. The van der Waals surface area contributed by atoms with E-state index in [-0.39, 0.29) is 13.2 Å². The molecule has 0 bridgehead atoms. The highest BCUT2D eigenvalue weighted by Crippen LogP contribution is 1.92. The second kappa shape index (κ2) is 11.8. The summed E-state index contributed by atoms with van der Waals surface area (Å²) in [6, 6.07) is 0. The first-order chi connectivity index (χ1) is 8.38. The van der Waals surface area contributed by atoms with E-state index in [1.807, 2.05) is 0 Å². The van der Waals surface area contributed by atoms with Crippen molar-refractivity contribution in [2.75, 3.05) is 13.2 Å². The van der Waals surface area contributed by atoms with E-state index >= 15 is 0 Å². The maximum atomic E-state index is 10.5. The summed E-state index contributed by atoms with van der Waals surface area (Å²) in [5.41, 5.74) is 0.350. The predicted octanol–water partition coefficient (Wildman–Crippen LogP) is 0.542. The van der Waals surface area contributed by atoms with Crippen molar-refractivity contribution < 1.29 is 29.3 Å². The van der Waals surface area contributed by atoms with E-state index in [0.717, 1.165) is 6.08 Å². The van der Waals surface area contributed by atoms with Gasteiger partial charge < -0.3 is 19.7 Å². The third-order valence-corrected chi connectivity index (χ3v) is 1.44. The van der Waals surface area contributed by atoms with Gasteiger partial charge >= 0.3 is 11.9 Å². The second-order valence-electron chi connectivity index (χ2n) is 3.14. The molecular weight excluding hydrogens is 240 g/mol. The normalized spacial score (nSPS) is 10.4. The lowest BCUT2D eigenvalue weighted by Gasteiger charge is -2.05. The average molecular weight is 260 g/mol. The zero-order chi connectivity index (χ0) is 14.6. The molecule has 0 rings (SSSR count). The zero-order valence-corrected chi connectivity index (χ0v) is 10.7. The van der Waals surface area contributed by atoms with Crippen LogP contribution in [0.2, 0.25) is 0 Å². The smallest absolute Gasteiger partial charge is 0.333 e. The lowest BCUT2D eigenvalue weighted by molar-refractivity contribution is -0.161. The summed E-state index contributed by atoms with van der Waals surface area (Å²) in [6.07, 6.45) is 0.425. The Bertz CT molecular complexity index is 284. The number of hydrogen-bond donors (Lipinski definition) is 2. The first-order valence-electron chi connectivity index (χ1n) is 5.33. The minimum absolute atomic E-state index is 0.0473. The minimum Gasteiger partial charge on any atom is -0.460 e. The Hall–Kier alpha value is -1.66. The third-order valence-electron chi connectivity index (χ3n) is 1.44. The highest BCUT2D eigenvalue weighted by molar-refractivity contribution is 5.86. The number of rotatable bonds is 6. The number of esters is 2. The number of carbonyl (C=O) groups is 2. The van der Waals surface area contributed by atoms with E-state index in [1.165, 1.54) is 0 Å². The van der Waals surface area contributed by atoms with Crippen LogP contribution < -0.4 is 0 Å². The van der Waals surface area contributed by atoms with Crippen LogP contribution >= 0.6 is 0 Å². The van der Waals surface area contributed by atoms with Crippen molar-refractivity contribution >= 4 is 11.9 Å². The third kappa shape index (κ3) is 12.4. The summed E-state index contributed by atoms with van der Waals surface area (Å²) < 4.78 is 8.81. The molecule has 0 saturated heterocycles. The largest absolute Gasteiger partial charge is 0.460 e. The van der Waals surface area contributed by atoms with Crippen LogP contribution in [-0.4, -0.2) is 41.7 Å². The topological polar surface area (TPSA) is 93.1 Å². The van der Waals surface area contributed by atoms with Gasteiger partial charge in [0.25, 0.3) is 0 Å². The van der Waals surface area contributed by atoms with Gasteiger partial charge in [0.2, 0.25) is 6.29 Å². The van der Waals surface area contributed by atoms with Gasteiger partial charge in [-0.05, 0) is 6.92 Å². The molecule has 0 saturated carbocycles. The molecule has 0 aromatic rings. The highest BCUT2D eigenvalue weighted by atomic mass is 16.6. The van der Waals surface area contributed by atoms with Gasteiger partial charge in [0.05, 0.1) is 6.61 Å². The molecule has 0 radical (unpaired) electrons. The predicted molar refractivity (Wildman–Crippen MR) is 65.4 cm³/mol. The van der Waals surface area contributed by atoms with E-state index < -0.39 is 18.2 Å². The molecule has 0 amide bonds. The van der Waals surface area contributed by atoms with Crippen LogP contribution in [0.1, 0.15) is 20.3 Å². The summed E-state index contributed by atoms with van der Waals surface area (Å²) in [4.78, 5) is 20.7. The van der Waals surface area contributed by atoms with Gasteiger partial charge in [0.1, 0.15) is 6.61 Å². The van der Waals surface area contributed by atoms with Gasteiger partial charge in [-0.15, -0.1) is 0 Å². The molecule has 0 spiro atoms. The van der Waals surface area contributed by atoms with Gasteiger partial charge in [0.15, 0.2) is 0 Å². The number of hydrogen-bond acceptors (Lipinski definition) is 6. The van der Waals surface area contributed by atoms with E-state index in [0.29, 0.717) is 12.0 Å². The fraction of sp³-hybridized carbons (Fsp3) is 0.500. The van der Waals surface area contributed by atoms with Gasteiger partial charge in [-0.3, -0.25) is 0 Å². The van der Waals surface area contributed by atoms with Crippen LogP contribution in [0.4, 0.5) is 0 Å². The standard InChI is InChI=1S/2C6H10O3/c1-5(2)6(8)9-4-3-7;1-3-5(7)9-6(8)4-2/h7H,1,3-4H2,2H3;3,6,8H,1,4H2,2H3. The molecule has 0 aromatic carbocycles. The van der Waals surface area contributed by atoms with Crippen molar-refractivity contribution in [3.05, 3.63) is 24.8 Å². The Kier molecular flexibility index (Phi) is 12.3. The van der Waals surface area contributed by atoms with Crippen LogP contribution in [-0.2, 0) is 19.1 Å². The molecule has 2 N–H and O–H groups in total. The van der Waals surface area contributed by atoms with Crippen molar-refractivity contribution in [3.63, 3.8) is 0 Å². The van der Waals surface area contributed by atoms with Crippen molar-refractivity contribution in [3.8, 4) is 0 Å². The average Bonchev–Trinajstić information content (AvgIpc) is 2.35. The fourth-order valence-corrected chi connectivity index (χ4v) is 0.527. The Morgan fingerprint density at radius 2 is 2.00 bits per heavy atom. The summed E-state index contributed by atoms with van der Waals surface area (Å²) in [5, 5.41) is 16.9. The Morgan fingerprint density at radius 3 is 2.33 bits per heavy atom. The Morgan fingerprint density at radius 1 is 1.44 bits per heavy atom. The maximum absolute atomic E-state index is 10.5. The minimum atomic E-state index is -0.990. The SMILES string of the molecule is C=C(C)C(=O)OCCO.C=CC(=O)OC(O)CC. The van der Waals surface area contributed by atoms with Crippen LogP contribution in [0, 0.1) is 0 Å². The monoisotopic (exact) mass is 260 g/mol. The summed E-state index contributed by atoms with van der Waals surface area (Å²) in [5.74, 6) is -1.05. The Labute approximate surface area is 107 Å². The molecule has 0 aliphatic carbocycles. The Balaban J connectivity index is 0. The van der Waals surface area contributed by atoms with Crippen molar-refractivity contribution in [1.82, 2.24) is 0 Å². The number of aliphatic hydroxyl groups excluding tert-OH is 2. The van der Waals surface area contributed by atoms with Gasteiger partial charge in [-0.1, -0.05) is 20.1 Å². The second-order valence-corrected chi connectivity index (χ2v) is 3.14. The van der Waals surface area contributed by atoms with Crippen LogP contribution in [0.3, 0.4) is 0 Å². The first-order valence-corrected chi connectivity index (χ1v) is 5.33. The highest BCUT2D eigenvalue weighted by Gasteiger charge is 2.03. The molecule has 18 heavy (non-hydrogen) atoms. The van der Waals surface area contributed by atoms with E-state index in [2.05, 4.69) is 22.6 Å². The molecule has 0 heterocycles. The molecule has 0 aliphatic rings. The molecule has 1 atom stereocenters. The number of carbonyl (C=O) groups excluding carboxylic acids is 2. The summed E-state index contributed by atoms with van der Waals surface area (Å²) in [6.45, 7) is 9.69.